The van der Waals surface area contributed by atoms with E-state index < -0.39 is 23.9 Å². The second-order valence-electron chi connectivity index (χ2n) is 25.9. The Labute approximate surface area is 569 Å². The number of hydrogen-bond donors (Lipinski definition) is 2. The van der Waals surface area contributed by atoms with Gasteiger partial charge in [-0.05, 0) is 38.5 Å². The van der Waals surface area contributed by atoms with Crippen LogP contribution in [0.1, 0.15) is 336 Å². The van der Waals surface area contributed by atoms with E-state index in [1.807, 2.05) is 9.80 Å². The van der Waals surface area contributed by atoms with Crippen molar-refractivity contribution in [1.82, 2.24) is 20.4 Å². The van der Waals surface area contributed by atoms with Crippen molar-refractivity contribution in [1.29, 1.82) is 0 Å². The van der Waals surface area contributed by atoms with Gasteiger partial charge in [0.15, 0.2) is 10.2 Å². The summed E-state index contributed by atoms with van der Waals surface area (Å²) in [5.74, 6) is -1.09. The van der Waals surface area contributed by atoms with Gasteiger partial charge in [0.05, 0.1) is 52.1 Å². The molecule has 2 unspecified atom stereocenters. The lowest BCUT2D eigenvalue weighted by Crippen LogP contribution is -2.61. The van der Waals surface area contributed by atoms with Gasteiger partial charge in [-0.1, -0.05) is 282 Å². The molecule has 18 heteroatoms. The number of ether oxygens (including phenoxy) is 4. The summed E-state index contributed by atoms with van der Waals surface area (Å²) in [5.41, 5.74) is 0. The zero-order valence-corrected chi connectivity index (χ0v) is 60.8. The zero-order chi connectivity index (χ0) is 67.0. The Kier molecular flexibility index (Phi) is 61.4. The number of carbonyl (C=O) groups is 8. The van der Waals surface area contributed by atoms with Crippen LogP contribution in [0, 0.1) is 0 Å². The number of nitrogens with one attached hydrogen (secondary N) is 2. The molecule has 92 heavy (non-hydrogen) atoms. The summed E-state index contributed by atoms with van der Waals surface area (Å²) in [5, 5.41) is 5.24. The second kappa shape index (κ2) is 65.1. The van der Waals surface area contributed by atoms with E-state index in [0.29, 0.717) is 77.2 Å². The summed E-state index contributed by atoms with van der Waals surface area (Å²) in [6.07, 6.45) is 49.0. The molecule has 2 amide bonds. The lowest BCUT2D eigenvalue weighted by atomic mass is 10.0. The Morgan fingerprint density at radius 3 is 0.728 bits per heavy atom. The molecular weight excluding hydrogens is 1200 g/mol. The minimum absolute atomic E-state index is 0.0532. The van der Waals surface area contributed by atoms with Gasteiger partial charge in [-0.3, -0.25) is 38.4 Å². The third-order valence-electron chi connectivity index (χ3n) is 17.5. The third kappa shape index (κ3) is 56.0. The van der Waals surface area contributed by atoms with E-state index in [1.54, 1.807) is 0 Å². The first-order valence-electron chi connectivity index (χ1n) is 37.9. The van der Waals surface area contributed by atoms with Crippen LogP contribution in [0.4, 0.5) is 0 Å². The predicted molar refractivity (Wildman–Crippen MR) is 380 cm³/mol. The highest BCUT2D eigenvalue weighted by atomic mass is 32.2. The molecule has 1 aliphatic heterocycles. The van der Waals surface area contributed by atoms with Crippen molar-refractivity contribution in [2.75, 3.05) is 77.2 Å². The summed E-state index contributed by atoms with van der Waals surface area (Å²) < 4.78 is 22.3. The fraction of sp³-hybridized carbons (Fsp3) is 0.892. The van der Waals surface area contributed by atoms with Gasteiger partial charge >= 0.3 is 23.9 Å². The molecule has 2 N–H and O–H groups in total. The number of unbranched alkanes of at least 4 members (excludes halogenated alkanes) is 36. The Hall–Kier alpha value is -3.22. The second-order valence-corrected chi connectivity index (χ2v) is 28.2. The van der Waals surface area contributed by atoms with Crippen molar-refractivity contribution in [3.05, 3.63) is 0 Å². The third-order valence-corrected chi connectivity index (χ3v) is 19.3. The molecule has 0 aliphatic carbocycles. The number of hydrogen-bond acceptors (Lipinski definition) is 16. The lowest BCUT2D eigenvalue weighted by Gasteiger charge is -2.29. The fourth-order valence-corrected chi connectivity index (χ4v) is 13.1. The number of piperazine rings is 1. The van der Waals surface area contributed by atoms with E-state index in [1.165, 1.54) is 180 Å². The smallest absolute Gasteiger partial charge is 0.307 e. The molecule has 0 aromatic rings. The number of rotatable bonds is 68. The van der Waals surface area contributed by atoms with E-state index in [-0.39, 0.29) is 85.5 Å². The Bertz CT molecular complexity index is 1640. The SMILES string of the molecule is CCCCCCCCCCCCOC(=O)CCN(CCSC(=O)CCC1NC(=O)C(CCC(=O)SCCN(CCC(=O)OCCCCCCCCCCCC)CCC(=O)OCCCCCCCCCCCC)NC1=O)CCC(=O)OCCCCCCCCCCCC. The molecule has 16 nitrogen and oxygen atoms in total. The molecule has 1 rings (SSSR count). The van der Waals surface area contributed by atoms with Crippen LogP contribution in [0.15, 0.2) is 0 Å². The Morgan fingerprint density at radius 1 is 0.304 bits per heavy atom. The van der Waals surface area contributed by atoms with Crippen LogP contribution < -0.4 is 10.6 Å². The first-order chi connectivity index (χ1) is 44.9. The van der Waals surface area contributed by atoms with Crippen molar-refractivity contribution in [3.8, 4) is 0 Å². The summed E-state index contributed by atoms with van der Waals surface area (Å²) >= 11 is 2.25. The van der Waals surface area contributed by atoms with Crippen molar-refractivity contribution in [2.24, 2.45) is 0 Å². The van der Waals surface area contributed by atoms with Gasteiger partial charge in [0.2, 0.25) is 11.8 Å². The van der Waals surface area contributed by atoms with Gasteiger partial charge < -0.3 is 39.4 Å². The molecule has 0 radical (unpaired) electrons. The van der Waals surface area contributed by atoms with Crippen molar-refractivity contribution >= 4 is 69.4 Å². The Balaban J connectivity index is 2.60. The maximum Gasteiger partial charge on any atom is 0.307 e. The molecule has 1 aliphatic rings. The summed E-state index contributed by atoms with van der Waals surface area (Å²) in [7, 11) is 0. The van der Waals surface area contributed by atoms with Gasteiger partial charge in [0, 0.05) is 63.6 Å². The summed E-state index contributed by atoms with van der Waals surface area (Å²) in [6.45, 7) is 13.0. The first kappa shape index (κ1) is 86.8. The number of amides is 2. The number of nitrogens with zero attached hydrogens (tertiary/aromatic N) is 2. The van der Waals surface area contributed by atoms with Crippen LogP contribution >= 0.6 is 23.5 Å². The maximum absolute atomic E-state index is 13.2. The molecule has 0 bridgehead atoms. The zero-order valence-electron chi connectivity index (χ0n) is 59.2. The molecule has 536 valence electrons. The molecule has 0 spiro atoms. The first-order valence-corrected chi connectivity index (χ1v) is 39.9. The molecule has 1 heterocycles. The number of thioether (sulfide) groups is 2. The fourth-order valence-electron chi connectivity index (χ4n) is 11.4. The maximum atomic E-state index is 13.2. The van der Waals surface area contributed by atoms with Crippen molar-refractivity contribution < 1.29 is 57.3 Å². The van der Waals surface area contributed by atoms with Gasteiger partial charge in [-0.2, -0.15) is 0 Å². The largest absolute Gasteiger partial charge is 0.466 e. The lowest BCUT2D eigenvalue weighted by molar-refractivity contribution is -0.146. The van der Waals surface area contributed by atoms with Crippen molar-refractivity contribution in [3.63, 3.8) is 0 Å². The monoisotopic (exact) mass is 1340 g/mol. The van der Waals surface area contributed by atoms with E-state index in [2.05, 4.69) is 38.3 Å². The quantitative estimate of drug-likeness (QED) is 0.0330. The van der Waals surface area contributed by atoms with E-state index in [4.69, 9.17) is 18.9 Å². The molecular formula is C74H136N4O12S2. The average molecular weight is 1340 g/mol. The van der Waals surface area contributed by atoms with Crippen LogP contribution in [0.25, 0.3) is 0 Å². The highest BCUT2D eigenvalue weighted by Gasteiger charge is 2.34. The number of carbonyl (C=O) groups excluding carboxylic acids is 8. The normalized spacial score (nSPS) is 14.0. The minimum Gasteiger partial charge on any atom is -0.466 e. The van der Waals surface area contributed by atoms with Crippen LogP contribution in [0.5, 0.6) is 0 Å². The summed E-state index contributed by atoms with van der Waals surface area (Å²) in [4.78, 5) is 108. The highest BCUT2D eigenvalue weighted by molar-refractivity contribution is 8.13. The van der Waals surface area contributed by atoms with Crippen LogP contribution in [-0.2, 0) is 57.3 Å². The summed E-state index contributed by atoms with van der Waals surface area (Å²) in [6, 6.07) is -1.77. The van der Waals surface area contributed by atoms with Crippen molar-refractivity contribution in [2.45, 2.75) is 348 Å². The molecule has 0 aromatic heterocycles. The van der Waals surface area contributed by atoms with E-state index in [0.717, 1.165) is 101 Å². The van der Waals surface area contributed by atoms with Gasteiger partial charge in [0.25, 0.3) is 0 Å². The molecule has 0 saturated carbocycles. The molecule has 1 saturated heterocycles. The average Bonchev–Trinajstić information content (AvgIpc) is 1.08. The number of esters is 4. The van der Waals surface area contributed by atoms with Crippen LogP contribution in [0.3, 0.4) is 0 Å². The standard InChI is InChI=1S/C74H136N4O12S2/c1-5-9-13-17-21-25-29-33-37-41-59-87-67(79)49-53-77(54-50-68(80)88-60-42-38-34-30-26-22-18-14-10-6-2)57-63-91-71(83)47-45-65-73(85)76-66(74(86)75-65)46-48-72(84)92-64-58-78(55-51-69(81)89-61-43-39-35-31-27-23-19-15-11-7-3)56-52-70(82)90-62-44-40-36-32-28-24-20-16-12-8-4/h65-66H,5-64H2,1-4H3,(H,75,86)(H,76,85). The Morgan fingerprint density at radius 2 is 0.511 bits per heavy atom. The van der Waals surface area contributed by atoms with Crippen LogP contribution in [-0.4, -0.2) is 145 Å². The van der Waals surface area contributed by atoms with E-state index in [9.17, 15) is 38.4 Å². The molecule has 0 aromatic carbocycles. The van der Waals surface area contributed by atoms with Crippen LogP contribution in [0.2, 0.25) is 0 Å². The molecule has 1 fully saturated rings. The van der Waals surface area contributed by atoms with Gasteiger partial charge in [-0.25, -0.2) is 0 Å². The minimum atomic E-state index is -0.887. The van der Waals surface area contributed by atoms with Gasteiger partial charge in [0.1, 0.15) is 12.1 Å². The highest BCUT2D eigenvalue weighted by Crippen LogP contribution is 2.19. The molecule has 2 atom stereocenters. The topological polar surface area (TPSA) is 204 Å². The van der Waals surface area contributed by atoms with E-state index >= 15 is 0 Å². The van der Waals surface area contributed by atoms with Gasteiger partial charge in [-0.15, -0.1) is 0 Å². The predicted octanol–water partition coefficient (Wildman–Crippen LogP) is 17.1.